The third kappa shape index (κ3) is 3.79. The Morgan fingerprint density at radius 3 is 2.80 bits per heavy atom. The van der Waals surface area contributed by atoms with E-state index in [0.29, 0.717) is 18.7 Å². The van der Waals surface area contributed by atoms with E-state index in [-0.39, 0.29) is 17.9 Å². The number of nitrogens with one attached hydrogen (secondary N) is 1. The van der Waals surface area contributed by atoms with E-state index in [0.717, 1.165) is 29.9 Å². The van der Waals surface area contributed by atoms with Crippen LogP contribution < -0.4 is 5.32 Å². The zero-order valence-electron chi connectivity index (χ0n) is 14.2. The van der Waals surface area contributed by atoms with Crippen LogP contribution in [0.25, 0.3) is 0 Å². The minimum Gasteiger partial charge on any atom is -0.359 e. The monoisotopic (exact) mass is 339 g/mol. The molecule has 3 rings (SSSR count). The first-order valence-electron chi connectivity index (χ1n) is 8.32. The van der Waals surface area contributed by atoms with Crippen molar-refractivity contribution in [2.45, 2.75) is 32.4 Å². The maximum atomic E-state index is 12.8. The van der Waals surface area contributed by atoms with Gasteiger partial charge in [0.15, 0.2) is 5.76 Å². The van der Waals surface area contributed by atoms with Crippen LogP contribution in [-0.4, -0.2) is 28.4 Å². The number of carbonyl (C=O) groups is 2. The SMILES string of the molecule is C=CC(=O)NCc1ccc(C(=O)N2CCCC2c2cc(C)no2)cc1. The molecule has 1 aliphatic rings. The van der Waals surface area contributed by atoms with E-state index in [9.17, 15) is 9.59 Å². The van der Waals surface area contributed by atoms with Gasteiger partial charge in [0, 0.05) is 24.7 Å². The lowest BCUT2D eigenvalue weighted by Gasteiger charge is -2.22. The molecule has 0 radical (unpaired) electrons. The van der Waals surface area contributed by atoms with Crippen molar-refractivity contribution in [1.29, 1.82) is 0 Å². The average Bonchev–Trinajstić information content (AvgIpc) is 3.28. The maximum absolute atomic E-state index is 12.8. The Bertz CT molecular complexity index is 779. The predicted molar refractivity (Wildman–Crippen MR) is 92.7 cm³/mol. The number of nitrogens with zero attached hydrogens (tertiary/aromatic N) is 2. The zero-order valence-corrected chi connectivity index (χ0v) is 14.2. The molecule has 0 aliphatic carbocycles. The summed E-state index contributed by atoms with van der Waals surface area (Å²) in [6, 6.07) is 9.11. The molecule has 1 aromatic carbocycles. The van der Waals surface area contributed by atoms with Crippen molar-refractivity contribution in [3.05, 3.63) is 65.6 Å². The third-order valence-electron chi connectivity index (χ3n) is 4.34. The Morgan fingerprint density at radius 1 is 1.40 bits per heavy atom. The second-order valence-electron chi connectivity index (χ2n) is 6.15. The molecule has 6 heteroatoms. The third-order valence-corrected chi connectivity index (χ3v) is 4.34. The van der Waals surface area contributed by atoms with Crippen molar-refractivity contribution < 1.29 is 14.1 Å². The Morgan fingerprint density at radius 2 is 2.16 bits per heavy atom. The van der Waals surface area contributed by atoms with Crippen LogP contribution in [0, 0.1) is 6.92 Å². The summed E-state index contributed by atoms with van der Waals surface area (Å²) in [4.78, 5) is 25.9. The summed E-state index contributed by atoms with van der Waals surface area (Å²) in [6.07, 6.45) is 3.06. The Hall–Kier alpha value is -2.89. The molecule has 1 atom stereocenters. The minimum atomic E-state index is -0.220. The van der Waals surface area contributed by atoms with Crippen molar-refractivity contribution in [2.24, 2.45) is 0 Å². The van der Waals surface area contributed by atoms with E-state index in [1.807, 2.05) is 30.0 Å². The average molecular weight is 339 g/mol. The second kappa shape index (κ2) is 7.34. The number of rotatable bonds is 5. The van der Waals surface area contributed by atoms with Crippen molar-refractivity contribution in [3.63, 3.8) is 0 Å². The van der Waals surface area contributed by atoms with Gasteiger partial charge < -0.3 is 14.7 Å². The van der Waals surface area contributed by atoms with Gasteiger partial charge in [0.2, 0.25) is 5.91 Å². The van der Waals surface area contributed by atoms with E-state index in [1.165, 1.54) is 6.08 Å². The Labute approximate surface area is 146 Å². The number of aromatic nitrogens is 1. The molecule has 1 N–H and O–H groups in total. The van der Waals surface area contributed by atoms with Crippen LogP contribution in [-0.2, 0) is 11.3 Å². The molecule has 1 saturated heterocycles. The molecule has 2 heterocycles. The highest BCUT2D eigenvalue weighted by Gasteiger charge is 2.33. The van der Waals surface area contributed by atoms with Crippen LogP contribution in [0.2, 0.25) is 0 Å². The number of aryl methyl sites for hydroxylation is 1. The lowest BCUT2D eigenvalue weighted by Crippen LogP contribution is -2.30. The van der Waals surface area contributed by atoms with Gasteiger partial charge in [-0.2, -0.15) is 0 Å². The fourth-order valence-electron chi connectivity index (χ4n) is 3.04. The topological polar surface area (TPSA) is 75.4 Å². The van der Waals surface area contributed by atoms with Gasteiger partial charge in [-0.1, -0.05) is 23.9 Å². The van der Waals surface area contributed by atoms with Gasteiger partial charge in [0.05, 0.1) is 11.7 Å². The van der Waals surface area contributed by atoms with Gasteiger partial charge in [-0.15, -0.1) is 0 Å². The summed E-state index contributed by atoms with van der Waals surface area (Å²) < 4.78 is 5.36. The van der Waals surface area contributed by atoms with E-state index < -0.39 is 0 Å². The summed E-state index contributed by atoms with van der Waals surface area (Å²) in [6.45, 7) is 6.40. The highest BCUT2D eigenvalue weighted by molar-refractivity contribution is 5.94. The highest BCUT2D eigenvalue weighted by Crippen LogP contribution is 2.33. The summed E-state index contributed by atoms with van der Waals surface area (Å²) in [7, 11) is 0. The number of hydrogen-bond acceptors (Lipinski definition) is 4. The molecular formula is C19H21N3O3. The van der Waals surface area contributed by atoms with Crippen LogP contribution in [0.4, 0.5) is 0 Å². The number of likely N-dealkylation sites (tertiary alicyclic amines) is 1. The minimum absolute atomic E-state index is 0.0155. The van der Waals surface area contributed by atoms with Crippen LogP contribution in [0.3, 0.4) is 0 Å². The highest BCUT2D eigenvalue weighted by atomic mass is 16.5. The first kappa shape index (κ1) is 17.0. The lowest BCUT2D eigenvalue weighted by atomic mass is 10.1. The van der Waals surface area contributed by atoms with E-state index in [1.54, 1.807) is 12.1 Å². The summed E-state index contributed by atoms with van der Waals surface area (Å²) in [5.74, 6) is 0.507. The summed E-state index contributed by atoms with van der Waals surface area (Å²) >= 11 is 0. The molecule has 0 bridgehead atoms. The van der Waals surface area contributed by atoms with Gasteiger partial charge in [-0.3, -0.25) is 9.59 Å². The molecule has 2 amide bonds. The van der Waals surface area contributed by atoms with Gasteiger partial charge in [-0.25, -0.2) is 0 Å². The molecule has 0 spiro atoms. The van der Waals surface area contributed by atoms with E-state index in [2.05, 4.69) is 17.1 Å². The lowest BCUT2D eigenvalue weighted by molar-refractivity contribution is -0.116. The number of carbonyl (C=O) groups excluding carboxylic acids is 2. The standard InChI is InChI=1S/C19H21N3O3/c1-3-18(23)20-12-14-6-8-15(9-7-14)19(24)22-10-4-5-16(22)17-11-13(2)21-25-17/h3,6-9,11,16H,1,4-5,10,12H2,2H3,(H,20,23). The molecule has 130 valence electrons. The van der Waals surface area contributed by atoms with Crippen molar-refractivity contribution in [1.82, 2.24) is 15.4 Å². The van der Waals surface area contributed by atoms with Gasteiger partial charge in [0.1, 0.15) is 0 Å². The van der Waals surface area contributed by atoms with Crippen molar-refractivity contribution in [2.75, 3.05) is 6.54 Å². The molecule has 25 heavy (non-hydrogen) atoms. The smallest absolute Gasteiger partial charge is 0.254 e. The molecule has 1 fully saturated rings. The summed E-state index contributed by atoms with van der Waals surface area (Å²) in [5.41, 5.74) is 2.37. The molecule has 1 aliphatic heterocycles. The number of hydrogen-bond donors (Lipinski definition) is 1. The number of benzene rings is 1. The largest absolute Gasteiger partial charge is 0.359 e. The van der Waals surface area contributed by atoms with Crippen LogP contribution >= 0.6 is 0 Å². The molecule has 2 aromatic rings. The van der Waals surface area contributed by atoms with Crippen LogP contribution in [0.15, 0.2) is 47.5 Å². The number of amides is 2. The first-order chi connectivity index (χ1) is 12.1. The Balaban J connectivity index is 1.69. The first-order valence-corrected chi connectivity index (χ1v) is 8.32. The zero-order chi connectivity index (χ0) is 17.8. The molecule has 6 nitrogen and oxygen atoms in total. The quantitative estimate of drug-likeness (QED) is 0.850. The van der Waals surface area contributed by atoms with Gasteiger partial charge in [0.25, 0.3) is 5.91 Å². The maximum Gasteiger partial charge on any atom is 0.254 e. The van der Waals surface area contributed by atoms with Crippen LogP contribution in [0.1, 0.15) is 46.3 Å². The molecule has 1 aromatic heterocycles. The summed E-state index contributed by atoms with van der Waals surface area (Å²) in [5, 5.41) is 6.64. The van der Waals surface area contributed by atoms with Crippen LogP contribution in [0.5, 0.6) is 0 Å². The van der Waals surface area contributed by atoms with E-state index in [4.69, 9.17) is 4.52 Å². The second-order valence-corrected chi connectivity index (χ2v) is 6.15. The van der Waals surface area contributed by atoms with Gasteiger partial charge >= 0.3 is 0 Å². The molecule has 1 unspecified atom stereocenters. The fraction of sp³-hybridized carbons (Fsp3) is 0.316. The predicted octanol–water partition coefficient (Wildman–Crippen LogP) is 2.76. The van der Waals surface area contributed by atoms with E-state index >= 15 is 0 Å². The molecular weight excluding hydrogens is 318 g/mol. The van der Waals surface area contributed by atoms with Crippen molar-refractivity contribution in [3.8, 4) is 0 Å². The fourth-order valence-corrected chi connectivity index (χ4v) is 3.04. The normalized spacial score (nSPS) is 16.7. The van der Waals surface area contributed by atoms with Crippen molar-refractivity contribution >= 4 is 11.8 Å². The Kier molecular flexibility index (Phi) is 4.97. The molecule has 0 saturated carbocycles. The van der Waals surface area contributed by atoms with Gasteiger partial charge in [-0.05, 0) is 43.5 Å².